The third-order valence-corrected chi connectivity index (χ3v) is 9.15. The van der Waals surface area contributed by atoms with Gasteiger partial charge in [0.2, 0.25) is 15.9 Å². The first-order valence-electron chi connectivity index (χ1n) is 12.0. The van der Waals surface area contributed by atoms with Crippen molar-refractivity contribution in [3.8, 4) is 0 Å². The van der Waals surface area contributed by atoms with Gasteiger partial charge in [-0.1, -0.05) is 44.9 Å². The van der Waals surface area contributed by atoms with E-state index in [4.69, 9.17) is 0 Å². The minimum Gasteiger partial charge on any atom is -0.353 e. The van der Waals surface area contributed by atoms with Crippen LogP contribution in [0.2, 0.25) is 0 Å². The fraction of sp³-hybridized carbons (Fsp3) is 0.600. The molecule has 0 aliphatic heterocycles. The van der Waals surface area contributed by atoms with E-state index in [2.05, 4.69) is 28.9 Å². The number of nitrogens with zero attached hydrogens (tertiary/aromatic N) is 1. The third kappa shape index (κ3) is 5.15. The Hall–Kier alpha value is -1.99. The van der Waals surface area contributed by atoms with Crippen molar-refractivity contribution in [1.82, 2.24) is 15.0 Å². The number of para-hydroxylation sites is 1. The highest BCUT2D eigenvalue weighted by molar-refractivity contribution is 7.89. The minimum atomic E-state index is -3.64. The zero-order chi connectivity index (χ0) is 22.7. The van der Waals surface area contributed by atoms with Crippen molar-refractivity contribution >= 4 is 26.8 Å². The van der Waals surface area contributed by atoms with Gasteiger partial charge in [0.25, 0.3) is 0 Å². The lowest BCUT2D eigenvalue weighted by molar-refractivity contribution is -0.127. The summed E-state index contributed by atoms with van der Waals surface area (Å²) in [7, 11) is -3.64. The number of fused-ring (bicyclic) bond motifs is 1. The summed E-state index contributed by atoms with van der Waals surface area (Å²) in [6, 6.07) is 9.17. The van der Waals surface area contributed by atoms with Gasteiger partial charge in [-0.25, -0.2) is 13.1 Å². The lowest BCUT2D eigenvalue weighted by atomic mass is 9.77. The van der Waals surface area contributed by atoms with Gasteiger partial charge in [-0.3, -0.25) is 9.78 Å². The van der Waals surface area contributed by atoms with Gasteiger partial charge in [0.05, 0.1) is 5.52 Å². The third-order valence-electron chi connectivity index (χ3n) is 7.70. The van der Waals surface area contributed by atoms with Gasteiger partial charge in [0, 0.05) is 30.1 Å². The average Bonchev–Trinajstić information content (AvgIpc) is 2.80. The summed E-state index contributed by atoms with van der Waals surface area (Å²) in [5.74, 6) is 1.69. The predicted octanol–water partition coefficient (Wildman–Crippen LogP) is 4.26. The first-order chi connectivity index (χ1) is 15.3. The molecule has 2 fully saturated rings. The predicted molar refractivity (Wildman–Crippen MR) is 126 cm³/mol. The van der Waals surface area contributed by atoms with E-state index in [9.17, 15) is 13.2 Å². The molecule has 0 saturated heterocycles. The molecule has 0 radical (unpaired) electrons. The summed E-state index contributed by atoms with van der Waals surface area (Å²) < 4.78 is 28.6. The Morgan fingerprint density at radius 2 is 1.78 bits per heavy atom. The summed E-state index contributed by atoms with van der Waals surface area (Å²) in [6.45, 7) is 4.93. The minimum absolute atomic E-state index is 0.0505. The molecule has 2 aliphatic rings. The molecule has 1 aromatic heterocycles. The number of rotatable bonds is 6. The topological polar surface area (TPSA) is 88.2 Å². The van der Waals surface area contributed by atoms with E-state index >= 15 is 0 Å². The van der Waals surface area contributed by atoms with Crippen molar-refractivity contribution in [3.63, 3.8) is 0 Å². The van der Waals surface area contributed by atoms with Gasteiger partial charge in [-0.15, -0.1) is 0 Å². The molecule has 0 unspecified atom stereocenters. The molecule has 1 amide bonds. The molecule has 4 rings (SSSR count). The lowest BCUT2D eigenvalue weighted by Gasteiger charge is -2.36. The highest BCUT2D eigenvalue weighted by atomic mass is 32.2. The number of hydrogen-bond donors (Lipinski definition) is 2. The number of aromatic nitrogens is 1. The van der Waals surface area contributed by atoms with Crippen LogP contribution in [-0.2, 0) is 14.8 Å². The molecular formula is C25H35N3O3S. The molecule has 7 heteroatoms. The molecule has 32 heavy (non-hydrogen) atoms. The summed E-state index contributed by atoms with van der Waals surface area (Å²) in [6.07, 6.45) is 8.52. The lowest BCUT2D eigenvalue weighted by Crippen LogP contribution is -2.46. The molecular weight excluding hydrogens is 422 g/mol. The number of carbonyl (C=O) groups excluding carboxylic acids is 1. The van der Waals surface area contributed by atoms with Gasteiger partial charge in [0.1, 0.15) is 4.90 Å². The molecule has 0 spiro atoms. The molecule has 1 heterocycles. The normalized spacial score (nSPS) is 29.0. The van der Waals surface area contributed by atoms with Crippen LogP contribution in [0.5, 0.6) is 0 Å². The summed E-state index contributed by atoms with van der Waals surface area (Å²) in [5.41, 5.74) is 0.495. The Bertz CT molecular complexity index is 1040. The molecule has 6 nitrogen and oxygen atoms in total. The molecule has 174 valence electrons. The van der Waals surface area contributed by atoms with Gasteiger partial charge in [-0.05, 0) is 62.0 Å². The highest BCUT2D eigenvalue weighted by Crippen LogP contribution is 2.32. The second-order valence-electron chi connectivity index (χ2n) is 9.78. The Balaban J connectivity index is 1.29. The molecule has 0 bridgehead atoms. The monoisotopic (exact) mass is 457 g/mol. The molecule has 2 saturated carbocycles. The maximum atomic E-state index is 12.9. The number of hydrogen-bond acceptors (Lipinski definition) is 4. The molecule has 2 aromatic rings. The zero-order valence-corrected chi connectivity index (χ0v) is 19.9. The summed E-state index contributed by atoms with van der Waals surface area (Å²) in [5, 5.41) is 4.13. The summed E-state index contributed by atoms with van der Waals surface area (Å²) >= 11 is 0. The Morgan fingerprint density at radius 1 is 1.03 bits per heavy atom. The van der Waals surface area contributed by atoms with Crippen molar-refractivity contribution in [3.05, 3.63) is 36.5 Å². The van der Waals surface area contributed by atoms with Crippen LogP contribution in [0.15, 0.2) is 41.4 Å². The van der Waals surface area contributed by atoms with Crippen LogP contribution >= 0.6 is 0 Å². The standard InChI is InChI=1S/C25H35N3O3S/c1-17-6-3-9-22(18(17)2)28-25(29)21-13-11-19(12-14-21)16-27-32(30,31)23-10-4-7-20-8-5-15-26-24(20)23/h4-5,7-8,10,15,17-19,21-22,27H,3,6,9,11-14,16H2,1-2H3,(H,28,29)/t17-,18+,19?,21?,22-/m0/s1. The van der Waals surface area contributed by atoms with E-state index in [1.165, 1.54) is 12.8 Å². The van der Waals surface area contributed by atoms with E-state index in [0.29, 0.717) is 29.9 Å². The van der Waals surface area contributed by atoms with Crippen LogP contribution in [-0.4, -0.2) is 31.9 Å². The van der Waals surface area contributed by atoms with Crippen molar-refractivity contribution in [1.29, 1.82) is 0 Å². The van der Waals surface area contributed by atoms with Gasteiger partial charge in [0.15, 0.2) is 0 Å². The Kier molecular flexibility index (Phi) is 7.15. The van der Waals surface area contributed by atoms with Crippen molar-refractivity contribution in [2.24, 2.45) is 23.7 Å². The van der Waals surface area contributed by atoms with Crippen molar-refractivity contribution in [2.75, 3.05) is 6.54 Å². The van der Waals surface area contributed by atoms with Crippen LogP contribution in [0.4, 0.5) is 0 Å². The SMILES string of the molecule is C[C@H]1[C@@H](NC(=O)C2CCC(CNS(=O)(=O)c3cccc4cccnc34)CC2)CCC[C@@H]1C. The smallest absolute Gasteiger partial charge is 0.242 e. The van der Waals surface area contributed by atoms with E-state index in [1.54, 1.807) is 24.4 Å². The maximum Gasteiger partial charge on any atom is 0.242 e. The van der Waals surface area contributed by atoms with E-state index in [0.717, 1.165) is 37.5 Å². The first-order valence-corrected chi connectivity index (χ1v) is 13.5. The number of nitrogens with one attached hydrogen (secondary N) is 2. The van der Waals surface area contributed by atoms with E-state index in [-0.39, 0.29) is 22.6 Å². The molecule has 2 aliphatic carbocycles. The van der Waals surface area contributed by atoms with E-state index < -0.39 is 10.0 Å². The number of amides is 1. The highest BCUT2D eigenvalue weighted by Gasteiger charge is 2.32. The number of carbonyl (C=O) groups is 1. The Morgan fingerprint density at radius 3 is 2.56 bits per heavy atom. The second kappa shape index (κ2) is 9.87. The fourth-order valence-electron chi connectivity index (χ4n) is 5.31. The fourth-order valence-corrected chi connectivity index (χ4v) is 6.61. The van der Waals surface area contributed by atoms with E-state index in [1.807, 2.05) is 12.1 Å². The first kappa shape index (κ1) is 23.2. The average molecular weight is 458 g/mol. The van der Waals surface area contributed by atoms with Crippen molar-refractivity contribution in [2.45, 2.75) is 69.7 Å². The van der Waals surface area contributed by atoms with Gasteiger partial charge in [-0.2, -0.15) is 0 Å². The second-order valence-corrected chi connectivity index (χ2v) is 11.5. The quantitative estimate of drug-likeness (QED) is 0.678. The van der Waals surface area contributed by atoms with Crippen LogP contribution in [0.3, 0.4) is 0 Å². The molecule has 1 aromatic carbocycles. The van der Waals surface area contributed by atoms with Crippen LogP contribution in [0.1, 0.15) is 58.8 Å². The Labute approximate surface area is 191 Å². The zero-order valence-electron chi connectivity index (χ0n) is 19.1. The number of benzene rings is 1. The molecule has 3 atom stereocenters. The van der Waals surface area contributed by atoms with Gasteiger partial charge < -0.3 is 5.32 Å². The largest absolute Gasteiger partial charge is 0.353 e. The van der Waals surface area contributed by atoms with Crippen LogP contribution in [0.25, 0.3) is 10.9 Å². The number of pyridine rings is 1. The summed E-state index contributed by atoms with van der Waals surface area (Å²) in [4.78, 5) is 17.3. The molecule has 2 N–H and O–H groups in total. The maximum absolute atomic E-state index is 12.9. The van der Waals surface area contributed by atoms with Crippen LogP contribution < -0.4 is 10.0 Å². The van der Waals surface area contributed by atoms with Crippen LogP contribution in [0, 0.1) is 23.7 Å². The number of sulfonamides is 1. The van der Waals surface area contributed by atoms with Crippen molar-refractivity contribution < 1.29 is 13.2 Å². The van der Waals surface area contributed by atoms with Gasteiger partial charge >= 0.3 is 0 Å².